The largest absolute Gasteiger partial charge is 0.483 e. The summed E-state index contributed by atoms with van der Waals surface area (Å²) in [6.07, 6.45) is 0.887. The first-order valence-corrected chi connectivity index (χ1v) is 7.11. The van der Waals surface area contributed by atoms with Crippen molar-refractivity contribution in [1.29, 1.82) is 0 Å². The van der Waals surface area contributed by atoms with Crippen LogP contribution < -0.4 is 9.47 Å². The highest BCUT2D eigenvalue weighted by molar-refractivity contribution is 7.10. The summed E-state index contributed by atoms with van der Waals surface area (Å²) < 4.78 is 16.0. The van der Waals surface area contributed by atoms with E-state index in [2.05, 4.69) is 29.5 Å². The molecule has 0 N–H and O–H groups in total. The standard InChI is InChI=1S/C13H13ClN2O2S/c1-13(2)6-8-4-3-5-10(11(8)18-13)17-7-9-12(14)19-16-15-9/h3-5H,6-7H2,1-2H3. The molecule has 19 heavy (non-hydrogen) atoms. The molecule has 1 aliphatic heterocycles. The minimum atomic E-state index is -0.179. The number of hydrogen-bond acceptors (Lipinski definition) is 5. The molecule has 0 unspecified atom stereocenters. The van der Waals surface area contributed by atoms with E-state index < -0.39 is 0 Å². The minimum absolute atomic E-state index is 0.179. The van der Waals surface area contributed by atoms with Gasteiger partial charge in [0.15, 0.2) is 11.5 Å². The van der Waals surface area contributed by atoms with Gasteiger partial charge in [0, 0.05) is 23.5 Å². The molecule has 0 radical (unpaired) electrons. The second kappa shape index (κ2) is 4.65. The molecule has 0 fully saturated rings. The van der Waals surface area contributed by atoms with Gasteiger partial charge in [0.05, 0.1) is 0 Å². The summed E-state index contributed by atoms with van der Waals surface area (Å²) in [5, 5.41) is 3.92. The fourth-order valence-corrected chi connectivity index (χ4v) is 2.73. The van der Waals surface area contributed by atoms with E-state index in [1.165, 1.54) is 5.56 Å². The van der Waals surface area contributed by atoms with Crippen LogP contribution in [0, 0.1) is 0 Å². The van der Waals surface area contributed by atoms with Crippen LogP contribution in [0.2, 0.25) is 4.34 Å². The Labute approximate surface area is 120 Å². The fraction of sp³-hybridized carbons (Fsp3) is 0.385. The molecule has 4 nitrogen and oxygen atoms in total. The van der Waals surface area contributed by atoms with E-state index in [-0.39, 0.29) is 5.60 Å². The zero-order valence-electron chi connectivity index (χ0n) is 10.6. The van der Waals surface area contributed by atoms with E-state index in [9.17, 15) is 0 Å². The Morgan fingerprint density at radius 2 is 2.32 bits per heavy atom. The van der Waals surface area contributed by atoms with Crippen molar-refractivity contribution in [1.82, 2.24) is 9.59 Å². The number of hydrogen-bond donors (Lipinski definition) is 0. The number of nitrogens with zero attached hydrogens (tertiary/aromatic N) is 2. The molecule has 0 bridgehead atoms. The Morgan fingerprint density at radius 3 is 3.05 bits per heavy atom. The lowest BCUT2D eigenvalue weighted by atomic mass is 10.0. The predicted molar refractivity (Wildman–Crippen MR) is 74.1 cm³/mol. The summed E-state index contributed by atoms with van der Waals surface area (Å²) in [6, 6.07) is 5.93. The Kier molecular flexibility index (Phi) is 3.11. The molecule has 100 valence electrons. The first kappa shape index (κ1) is 12.7. The highest BCUT2D eigenvalue weighted by Gasteiger charge is 2.32. The van der Waals surface area contributed by atoms with Crippen LogP contribution in [0.4, 0.5) is 0 Å². The van der Waals surface area contributed by atoms with Gasteiger partial charge in [-0.3, -0.25) is 0 Å². The molecule has 2 aromatic rings. The van der Waals surface area contributed by atoms with Gasteiger partial charge in [-0.25, -0.2) is 0 Å². The van der Waals surface area contributed by atoms with E-state index >= 15 is 0 Å². The molecule has 6 heteroatoms. The zero-order chi connectivity index (χ0) is 13.5. The van der Waals surface area contributed by atoms with Crippen molar-refractivity contribution in [2.45, 2.75) is 32.5 Å². The van der Waals surface area contributed by atoms with E-state index in [1.54, 1.807) is 0 Å². The Balaban J connectivity index is 1.80. The van der Waals surface area contributed by atoms with Gasteiger partial charge < -0.3 is 9.47 Å². The number of rotatable bonds is 3. The topological polar surface area (TPSA) is 44.2 Å². The third kappa shape index (κ3) is 2.53. The van der Waals surface area contributed by atoms with Crippen LogP contribution in [0.1, 0.15) is 25.1 Å². The molecular weight excluding hydrogens is 284 g/mol. The number of para-hydroxylation sites is 1. The van der Waals surface area contributed by atoms with Crippen molar-refractivity contribution in [3.8, 4) is 11.5 Å². The van der Waals surface area contributed by atoms with Gasteiger partial charge in [-0.05, 0) is 19.9 Å². The van der Waals surface area contributed by atoms with Crippen molar-refractivity contribution in [3.05, 3.63) is 33.8 Å². The maximum Gasteiger partial charge on any atom is 0.165 e. The number of aromatic nitrogens is 2. The highest BCUT2D eigenvalue weighted by atomic mass is 35.5. The predicted octanol–water partition coefficient (Wildman–Crippen LogP) is 3.48. The monoisotopic (exact) mass is 296 g/mol. The van der Waals surface area contributed by atoms with Gasteiger partial charge in [0.1, 0.15) is 22.2 Å². The highest BCUT2D eigenvalue weighted by Crippen LogP contribution is 2.42. The average molecular weight is 297 g/mol. The molecule has 2 heterocycles. The molecular formula is C13H13ClN2O2S. The van der Waals surface area contributed by atoms with Crippen LogP contribution in [-0.2, 0) is 13.0 Å². The van der Waals surface area contributed by atoms with Crippen LogP contribution in [-0.4, -0.2) is 15.2 Å². The van der Waals surface area contributed by atoms with Gasteiger partial charge in [0.2, 0.25) is 0 Å². The molecule has 0 saturated heterocycles. The maximum atomic E-state index is 5.95. The summed E-state index contributed by atoms with van der Waals surface area (Å²) in [4.78, 5) is 0. The molecule has 0 saturated carbocycles. The first-order chi connectivity index (χ1) is 9.05. The minimum Gasteiger partial charge on any atom is -0.483 e. The Morgan fingerprint density at radius 1 is 1.47 bits per heavy atom. The van der Waals surface area contributed by atoms with E-state index in [1.807, 2.05) is 12.1 Å². The number of benzene rings is 1. The molecule has 3 rings (SSSR count). The number of ether oxygens (including phenoxy) is 2. The third-order valence-electron chi connectivity index (χ3n) is 2.93. The number of halogens is 1. The summed E-state index contributed by atoms with van der Waals surface area (Å²) >= 11 is 7.11. The van der Waals surface area contributed by atoms with Gasteiger partial charge in [0.25, 0.3) is 0 Å². The fourth-order valence-electron chi connectivity index (χ4n) is 2.13. The summed E-state index contributed by atoms with van der Waals surface area (Å²) in [7, 11) is 0. The van der Waals surface area contributed by atoms with Crippen molar-refractivity contribution >= 4 is 23.1 Å². The average Bonchev–Trinajstić information content (AvgIpc) is 2.88. The van der Waals surface area contributed by atoms with Crippen LogP contribution in [0.3, 0.4) is 0 Å². The second-order valence-corrected chi connectivity index (χ2v) is 6.42. The normalized spacial score (nSPS) is 15.9. The van der Waals surface area contributed by atoms with Gasteiger partial charge in [-0.2, -0.15) is 0 Å². The zero-order valence-corrected chi connectivity index (χ0v) is 12.2. The van der Waals surface area contributed by atoms with Crippen LogP contribution in [0.5, 0.6) is 11.5 Å². The third-order valence-corrected chi connectivity index (χ3v) is 3.91. The van der Waals surface area contributed by atoms with E-state index in [0.29, 0.717) is 16.6 Å². The lowest BCUT2D eigenvalue weighted by molar-refractivity contribution is 0.131. The SMILES string of the molecule is CC1(C)Cc2cccc(OCc3nnsc3Cl)c2O1. The van der Waals surface area contributed by atoms with Gasteiger partial charge in [-0.15, -0.1) is 5.10 Å². The van der Waals surface area contributed by atoms with Crippen molar-refractivity contribution in [2.75, 3.05) is 0 Å². The van der Waals surface area contributed by atoms with Crippen LogP contribution >= 0.6 is 23.1 Å². The molecule has 1 aromatic carbocycles. The smallest absolute Gasteiger partial charge is 0.165 e. The first-order valence-electron chi connectivity index (χ1n) is 5.96. The molecule has 1 aromatic heterocycles. The van der Waals surface area contributed by atoms with Crippen molar-refractivity contribution in [3.63, 3.8) is 0 Å². The summed E-state index contributed by atoms with van der Waals surface area (Å²) in [5.41, 5.74) is 1.65. The van der Waals surface area contributed by atoms with Crippen LogP contribution in [0.15, 0.2) is 18.2 Å². The maximum absolute atomic E-state index is 5.95. The summed E-state index contributed by atoms with van der Waals surface area (Å²) in [5.74, 6) is 1.55. The van der Waals surface area contributed by atoms with Crippen LogP contribution in [0.25, 0.3) is 0 Å². The van der Waals surface area contributed by atoms with Gasteiger partial charge >= 0.3 is 0 Å². The molecule has 0 amide bonds. The molecule has 1 aliphatic rings. The second-order valence-electron chi connectivity index (χ2n) is 5.06. The molecule has 0 spiro atoms. The van der Waals surface area contributed by atoms with Crippen molar-refractivity contribution < 1.29 is 9.47 Å². The van der Waals surface area contributed by atoms with Gasteiger partial charge in [-0.1, -0.05) is 28.2 Å². The lowest BCUT2D eigenvalue weighted by Gasteiger charge is -2.18. The Bertz CT molecular complexity index is 612. The lowest BCUT2D eigenvalue weighted by Crippen LogP contribution is -2.24. The Hall–Kier alpha value is -1.33. The quantitative estimate of drug-likeness (QED) is 0.870. The molecule has 0 atom stereocenters. The molecule has 0 aliphatic carbocycles. The van der Waals surface area contributed by atoms with E-state index in [4.69, 9.17) is 21.1 Å². The van der Waals surface area contributed by atoms with Crippen molar-refractivity contribution in [2.24, 2.45) is 0 Å². The van der Waals surface area contributed by atoms with E-state index in [0.717, 1.165) is 29.5 Å². The summed E-state index contributed by atoms with van der Waals surface area (Å²) in [6.45, 7) is 4.44. The number of fused-ring (bicyclic) bond motifs is 1.